The molecule has 0 atom stereocenters. The lowest BCUT2D eigenvalue weighted by molar-refractivity contribution is 1.27. The van der Waals surface area contributed by atoms with E-state index in [0.717, 1.165) is 16.0 Å². The molecule has 84 valence electrons. The van der Waals surface area contributed by atoms with Gasteiger partial charge in [-0.05, 0) is 12.1 Å². The van der Waals surface area contributed by atoms with Crippen LogP contribution in [-0.4, -0.2) is 4.98 Å². The summed E-state index contributed by atoms with van der Waals surface area (Å²) in [5, 5.41) is 1.69. The number of nitrogens with two attached hydrogens (primary N) is 1. The molecule has 0 bridgehead atoms. The van der Waals surface area contributed by atoms with Crippen LogP contribution in [0.1, 0.15) is 26.3 Å². The smallest absolute Gasteiger partial charge is 0.139 e. The van der Waals surface area contributed by atoms with Crippen LogP contribution in [0.5, 0.6) is 0 Å². The molecule has 0 aliphatic rings. The molecule has 1 aromatic rings. The molecule has 0 fully saturated rings. The van der Waals surface area contributed by atoms with Gasteiger partial charge in [0.25, 0.3) is 0 Å². The molecule has 1 aromatic heterocycles. The van der Waals surface area contributed by atoms with E-state index in [0.29, 0.717) is 5.82 Å². The van der Waals surface area contributed by atoms with Crippen LogP contribution in [0.25, 0.3) is 12.7 Å². The maximum atomic E-state index is 5.71. The second-order valence-electron chi connectivity index (χ2n) is 2.73. The summed E-state index contributed by atoms with van der Waals surface area (Å²) in [4.78, 5) is 4.00. The number of hydrogen-bond acceptors (Lipinski definition) is 2. The van der Waals surface area contributed by atoms with Crippen molar-refractivity contribution < 1.29 is 0 Å². The highest BCUT2D eigenvalue weighted by molar-refractivity contribution is 5.55. The fraction of sp³-hybridized carbons (Fsp3) is 0.214. The van der Waals surface area contributed by atoms with Crippen molar-refractivity contribution in [3.8, 4) is 11.8 Å². The Kier molecular flexibility index (Phi) is 6.39. The first kappa shape index (κ1) is 14.0. The molecule has 2 heteroatoms. The predicted octanol–water partition coefficient (Wildman–Crippen LogP) is 1.44. The standard InChI is InChI=1S/C12H12N2.C2H6/c1-4-6-10-9(3)8-14-12(13)11(10)7-5-2;1-2/h4,6,8H,1,3,13H2,2H3;1-2H3/b10-6+;. The van der Waals surface area contributed by atoms with E-state index in [1.54, 1.807) is 19.2 Å². The molecule has 0 unspecified atom stereocenters. The van der Waals surface area contributed by atoms with Gasteiger partial charge in [0, 0.05) is 11.4 Å². The van der Waals surface area contributed by atoms with E-state index in [1.807, 2.05) is 19.9 Å². The Balaban J connectivity index is 0.00000106. The van der Waals surface area contributed by atoms with Gasteiger partial charge in [-0.25, -0.2) is 4.98 Å². The van der Waals surface area contributed by atoms with Gasteiger partial charge in [-0.3, -0.25) is 0 Å². The zero-order valence-electron chi connectivity index (χ0n) is 10.2. The molecule has 0 aromatic carbocycles. The number of aromatic nitrogens is 1. The summed E-state index contributed by atoms with van der Waals surface area (Å²) in [5.74, 6) is 6.14. The Hall–Kier alpha value is -2.01. The molecule has 0 spiro atoms. The van der Waals surface area contributed by atoms with Crippen molar-refractivity contribution in [2.75, 3.05) is 5.73 Å². The summed E-state index contributed by atoms with van der Waals surface area (Å²) >= 11 is 0. The Bertz CT molecular complexity index is 516. The van der Waals surface area contributed by atoms with Gasteiger partial charge in [0.05, 0.1) is 5.56 Å². The van der Waals surface area contributed by atoms with E-state index in [9.17, 15) is 0 Å². The van der Waals surface area contributed by atoms with E-state index in [-0.39, 0.29) is 0 Å². The van der Waals surface area contributed by atoms with E-state index in [2.05, 4.69) is 30.0 Å². The van der Waals surface area contributed by atoms with Gasteiger partial charge in [-0.15, -0.1) is 5.92 Å². The first-order chi connectivity index (χ1) is 7.70. The minimum absolute atomic E-state index is 0.430. The fourth-order valence-electron chi connectivity index (χ4n) is 1.14. The third-order valence-electron chi connectivity index (χ3n) is 1.77. The normalized spacial score (nSPS) is 9.56. The third kappa shape index (κ3) is 3.29. The number of rotatable bonds is 1. The van der Waals surface area contributed by atoms with Crippen LogP contribution in [-0.2, 0) is 0 Å². The van der Waals surface area contributed by atoms with Gasteiger partial charge < -0.3 is 5.73 Å². The van der Waals surface area contributed by atoms with Crippen molar-refractivity contribution in [1.82, 2.24) is 4.98 Å². The van der Waals surface area contributed by atoms with Gasteiger partial charge in [-0.1, -0.05) is 45.1 Å². The van der Waals surface area contributed by atoms with Crippen LogP contribution in [0.2, 0.25) is 0 Å². The molecule has 1 rings (SSSR count). The van der Waals surface area contributed by atoms with Gasteiger partial charge in [0.15, 0.2) is 0 Å². The Morgan fingerprint density at radius 1 is 1.44 bits per heavy atom. The number of anilines is 1. The highest BCUT2D eigenvalue weighted by Gasteiger charge is 1.98. The molecular weight excluding hydrogens is 196 g/mol. The first-order valence-electron chi connectivity index (χ1n) is 5.19. The molecule has 0 aliphatic carbocycles. The second-order valence-corrected chi connectivity index (χ2v) is 2.73. The van der Waals surface area contributed by atoms with Crippen LogP contribution in [0.4, 0.5) is 5.82 Å². The molecule has 16 heavy (non-hydrogen) atoms. The molecule has 0 saturated carbocycles. The van der Waals surface area contributed by atoms with Crippen LogP contribution >= 0.6 is 0 Å². The maximum absolute atomic E-state index is 5.71. The van der Waals surface area contributed by atoms with E-state index in [4.69, 9.17) is 5.73 Å². The summed E-state index contributed by atoms with van der Waals surface area (Å²) in [5.41, 5.74) is 6.43. The lowest BCUT2D eigenvalue weighted by atomic mass is 10.1. The molecular formula is C14H18N2. The quantitative estimate of drug-likeness (QED) is 0.718. The molecule has 0 radical (unpaired) electrons. The topological polar surface area (TPSA) is 38.9 Å². The summed E-state index contributed by atoms with van der Waals surface area (Å²) < 4.78 is 0. The fourth-order valence-corrected chi connectivity index (χ4v) is 1.14. The zero-order valence-corrected chi connectivity index (χ0v) is 10.2. The van der Waals surface area contributed by atoms with Gasteiger partial charge in [-0.2, -0.15) is 0 Å². The first-order valence-corrected chi connectivity index (χ1v) is 5.19. The molecule has 1 heterocycles. The summed E-state index contributed by atoms with van der Waals surface area (Å²) in [6, 6.07) is 0. The highest BCUT2D eigenvalue weighted by atomic mass is 14.8. The van der Waals surface area contributed by atoms with Crippen molar-refractivity contribution in [1.29, 1.82) is 0 Å². The van der Waals surface area contributed by atoms with Crippen molar-refractivity contribution in [3.63, 3.8) is 0 Å². The van der Waals surface area contributed by atoms with Crippen LogP contribution in [0, 0.1) is 11.8 Å². The van der Waals surface area contributed by atoms with E-state index in [1.165, 1.54) is 0 Å². The monoisotopic (exact) mass is 214 g/mol. The average Bonchev–Trinajstić information content (AvgIpc) is 2.31. The number of pyridine rings is 1. The van der Waals surface area contributed by atoms with Gasteiger partial charge in [0.1, 0.15) is 5.82 Å². The average molecular weight is 214 g/mol. The summed E-state index contributed by atoms with van der Waals surface area (Å²) in [7, 11) is 0. The van der Waals surface area contributed by atoms with Crippen molar-refractivity contribution in [2.45, 2.75) is 20.8 Å². The molecule has 2 N–H and O–H groups in total. The molecule has 2 nitrogen and oxygen atoms in total. The number of nitrogens with zero attached hydrogens (tertiary/aromatic N) is 1. The SMILES string of the molecule is C=C/C=c1/c(C#CC)c(N)ncc1=C.CC. The minimum Gasteiger partial charge on any atom is -0.383 e. The largest absolute Gasteiger partial charge is 0.383 e. The third-order valence-corrected chi connectivity index (χ3v) is 1.77. The second kappa shape index (κ2) is 7.30. The predicted molar refractivity (Wildman–Crippen MR) is 72.0 cm³/mol. The van der Waals surface area contributed by atoms with Crippen LogP contribution in [0.3, 0.4) is 0 Å². The van der Waals surface area contributed by atoms with Crippen LogP contribution < -0.4 is 16.2 Å². The van der Waals surface area contributed by atoms with Crippen molar-refractivity contribution >= 4 is 18.5 Å². The molecule has 0 amide bonds. The van der Waals surface area contributed by atoms with E-state index >= 15 is 0 Å². The maximum Gasteiger partial charge on any atom is 0.139 e. The van der Waals surface area contributed by atoms with Crippen molar-refractivity contribution in [3.05, 3.63) is 34.9 Å². The Morgan fingerprint density at radius 2 is 2.06 bits per heavy atom. The molecule has 0 aliphatic heterocycles. The lowest BCUT2D eigenvalue weighted by Crippen LogP contribution is -2.28. The van der Waals surface area contributed by atoms with Gasteiger partial charge >= 0.3 is 0 Å². The highest BCUT2D eigenvalue weighted by Crippen LogP contribution is 1.96. The molecule has 0 saturated heterocycles. The lowest BCUT2D eigenvalue weighted by Gasteiger charge is -1.98. The Morgan fingerprint density at radius 3 is 2.56 bits per heavy atom. The van der Waals surface area contributed by atoms with E-state index < -0.39 is 0 Å². The van der Waals surface area contributed by atoms with Gasteiger partial charge in [0.2, 0.25) is 0 Å². The Labute approximate surface area is 97.2 Å². The van der Waals surface area contributed by atoms with Crippen molar-refractivity contribution in [2.24, 2.45) is 0 Å². The number of allylic oxidation sites excluding steroid dienone is 1. The van der Waals surface area contributed by atoms with Crippen LogP contribution in [0.15, 0.2) is 18.9 Å². The number of nitrogen functional groups attached to an aromatic ring is 1. The number of hydrogen-bond donors (Lipinski definition) is 1. The summed E-state index contributed by atoms with van der Waals surface area (Å²) in [6.07, 6.45) is 5.15. The minimum atomic E-state index is 0.430. The zero-order chi connectivity index (χ0) is 12.6. The summed E-state index contributed by atoms with van der Waals surface area (Å²) in [6.45, 7) is 13.3.